The predicted molar refractivity (Wildman–Crippen MR) is 152 cm³/mol. The Hall–Kier alpha value is -4.89. The van der Waals surface area contributed by atoms with Crippen LogP contribution in [0.25, 0.3) is 55.9 Å². The quantitative estimate of drug-likeness (QED) is 0.251. The summed E-state index contributed by atoms with van der Waals surface area (Å²) < 4.78 is 0. The lowest BCUT2D eigenvalue weighted by atomic mass is 9.94. The molecule has 2 aromatic heterocycles. The molecule has 0 bridgehead atoms. The Bertz CT molecular complexity index is 1590. The van der Waals surface area contributed by atoms with E-state index < -0.39 is 0 Å². The maximum atomic E-state index is 4.85. The van der Waals surface area contributed by atoms with Gasteiger partial charge in [0.05, 0.1) is 11.4 Å². The molecule has 6 aromatic rings. The van der Waals surface area contributed by atoms with Crippen LogP contribution < -0.4 is 0 Å². The maximum Gasteiger partial charge on any atom is 0.126 e. The zero-order valence-electron chi connectivity index (χ0n) is 20.5. The number of rotatable bonds is 5. The van der Waals surface area contributed by atoms with Crippen LogP contribution in [0.4, 0.5) is 0 Å². The lowest BCUT2D eigenvalue weighted by molar-refractivity contribution is 1.06. The highest BCUT2D eigenvalue weighted by atomic mass is 14.9. The monoisotopic (exact) mass is 475 g/mol. The minimum atomic E-state index is 0.747. The fourth-order valence-corrected chi connectivity index (χ4v) is 4.61. The van der Waals surface area contributed by atoms with E-state index in [1.54, 1.807) is 0 Å². The second-order valence-corrected chi connectivity index (χ2v) is 9.03. The summed E-state index contributed by atoms with van der Waals surface area (Å²) in [6.07, 6.45) is 3.63. The van der Waals surface area contributed by atoms with Crippen LogP contribution in [-0.4, -0.2) is 15.0 Å². The third-order valence-electron chi connectivity index (χ3n) is 6.48. The molecule has 0 fully saturated rings. The van der Waals surface area contributed by atoms with Gasteiger partial charge in [-0.15, -0.1) is 0 Å². The molecule has 0 aliphatic heterocycles. The molecule has 2 heterocycles. The molecule has 0 saturated heterocycles. The first-order chi connectivity index (χ1) is 18.2. The molecule has 0 N–H and O–H groups in total. The zero-order chi connectivity index (χ0) is 25.0. The van der Waals surface area contributed by atoms with Crippen molar-refractivity contribution in [1.29, 1.82) is 0 Å². The summed E-state index contributed by atoms with van der Waals surface area (Å²) in [5, 5.41) is 0. The number of nitrogens with zero attached hydrogens (tertiary/aromatic N) is 3. The lowest BCUT2D eigenvalue weighted by Gasteiger charge is -2.12. The van der Waals surface area contributed by atoms with Crippen molar-refractivity contribution in [2.24, 2.45) is 0 Å². The normalized spacial score (nSPS) is 10.8. The van der Waals surface area contributed by atoms with E-state index in [0.717, 1.165) is 50.6 Å². The van der Waals surface area contributed by atoms with Crippen molar-refractivity contribution >= 4 is 0 Å². The van der Waals surface area contributed by atoms with E-state index in [1.165, 1.54) is 11.1 Å². The van der Waals surface area contributed by atoms with Crippen molar-refractivity contribution in [3.63, 3.8) is 0 Å². The van der Waals surface area contributed by atoms with Gasteiger partial charge in [-0.1, -0.05) is 84.9 Å². The van der Waals surface area contributed by atoms with Crippen LogP contribution >= 0.6 is 0 Å². The third kappa shape index (κ3) is 4.93. The van der Waals surface area contributed by atoms with Crippen LogP contribution in [0.3, 0.4) is 0 Å². The molecule has 37 heavy (non-hydrogen) atoms. The van der Waals surface area contributed by atoms with Crippen LogP contribution in [0.2, 0.25) is 0 Å². The number of benzene rings is 4. The summed E-state index contributed by atoms with van der Waals surface area (Å²) in [6.45, 7) is 1.96. The molecule has 6 rings (SSSR count). The largest absolute Gasteiger partial charge is 0.265 e. The SMILES string of the molecule is Cc1nc(-c2ccc(-c3ccncc3)cc2)cc(-c2cc(-c3ccccc3)cc(-c3ccccc3)c2)n1. The highest BCUT2D eigenvalue weighted by molar-refractivity contribution is 5.81. The molecule has 0 spiro atoms. The number of aromatic nitrogens is 3. The van der Waals surface area contributed by atoms with E-state index >= 15 is 0 Å². The fourth-order valence-electron chi connectivity index (χ4n) is 4.61. The zero-order valence-corrected chi connectivity index (χ0v) is 20.5. The summed E-state index contributed by atoms with van der Waals surface area (Å²) in [6, 6.07) is 42.3. The first-order valence-electron chi connectivity index (χ1n) is 12.4. The van der Waals surface area contributed by atoms with E-state index in [0.29, 0.717) is 0 Å². The van der Waals surface area contributed by atoms with E-state index in [4.69, 9.17) is 9.97 Å². The van der Waals surface area contributed by atoms with Crippen molar-refractivity contribution in [3.8, 4) is 55.9 Å². The Labute approximate surface area is 217 Å². The van der Waals surface area contributed by atoms with E-state index in [9.17, 15) is 0 Å². The van der Waals surface area contributed by atoms with Crippen LogP contribution in [-0.2, 0) is 0 Å². The predicted octanol–water partition coefficient (Wildman–Crippen LogP) is 8.52. The van der Waals surface area contributed by atoms with Gasteiger partial charge in [-0.05, 0) is 76.7 Å². The summed E-state index contributed by atoms with van der Waals surface area (Å²) >= 11 is 0. The molecule has 3 heteroatoms. The van der Waals surface area contributed by atoms with Gasteiger partial charge in [-0.3, -0.25) is 4.98 Å². The van der Waals surface area contributed by atoms with Gasteiger partial charge < -0.3 is 0 Å². The molecular weight excluding hydrogens is 450 g/mol. The first kappa shape index (κ1) is 22.6. The Morgan fingerprint density at radius 2 is 0.811 bits per heavy atom. The van der Waals surface area contributed by atoms with Crippen molar-refractivity contribution in [1.82, 2.24) is 15.0 Å². The molecule has 0 aliphatic carbocycles. The number of pyridine rings is 1. The average molecular weight is 476 g/mol. The van der Waals surface area contributed by atoms with E-state index in [1.807, 2.05) is 43.6 Å². The van der Waals surface area contributed by atoms with Crippen LogP contribution in [0.15, 0.2) is 134 Å². The lowest BCUT2D eigenvalue weighted by Crippen LogP contribution is -1.95. The third-order valence-corrected chi connectivity index (χ3v) is 6.48. The smallest absolute Gasteiger partial charge is 0.126 e. The minimum Gasteiger partial charge on any atom is -0.265 e. The van der Waals surface area contributed by atoms with Crippen LogP contribution in [0, 0.1) is 6.92 Å². The Morgan fingerprint density at radius 1 is 0.378 bits per heavy atom. The molecule has 4 aromatic carbocycles. The van der Waals surface area contributed by atoms with Gasteiger partial charge in [0.2, 0.25) is 0 Å². The second kappa shape index (κ2) is 10.00. The average Bonchev–Trinajstić information content (AvgIpc) is 2.98. The summed E-state index contributed by atoms with van der Waals surface area (Å²) in [5.41, 5.74) is 10.9. The Balaban J connectivity index is 1.44. The summed E-state index contributed by atoms with van der Waals surface area (Å²) in [7, 11) is 0. The van der Waals surface area contributed by atoms with Gasteiger partial charge in [0, 0.05) is 23.5 Å². The Morgan fingerprint density at radius 3 is 1.38 bits per heavy atom. The van der Waals surface area contributed by atoms with Crippen LogP contribution in [0.5, 0.6) is 0 Å². The topological polar surface area (TPSA) is 38.7 Å². The fraction of sp³-hybridized carbons (Fsp3) is 0.0294. The molecule has 0 amide bonds. The number of hydrogen-bond acceptors (Lipinski definition) is 3. The molecular formula is C34H25N3. The standard InChI is InChI=1S/C34H25N3/c1-24-36-33(29-14-12-27(13-15-29)28-16-18-35-19-17-28)23-34(37-24)32-21-30(25-8-4-2-5-9-25)20-31(22-32)26-10-6-3-7-11-26/h2-23H,1H3. The van der Waals surface area contributed by atoms with Crippen molar-refractivity contribution < 1.29 is 0 Å². The second-order valence-electron chi connectivity index (χ2n) is 9.03. The van der Waals surface area contributed by atoms with Crippen molar-refractivity contribution in [2.45, 2.75) is 6.92 Å². The molecule has 0 aliphatic rings. The maximum absolute atomic E-state index is 4.85. The highest BCUT2D eigenvalue weighted by Crippen LogP contribution is 2.33. The molecule has 0 unspecified atom stereocenters. The van der Waals surface area contributed by atoms with Crippen molar-refractivity contribution in [3.05, 3.63) is 140 Å². The molecule has 176 valence electrons. The van der Waals surface area contributed by atoms with Gasteiger partial charge in [-0.25, -0.2) is 9.97 Å². The van der Waals surface area contributed by atoms with Crippen LogP contribution in [0.1, 0.15) is 5.82 Å². The number of hydrogen-bond donors (Lipinski definition) is 0. The Kier molecular flexibility index (Phi) is 6.10. The number of aryl methyl sites for hydroxylation is 1. The molecule has 0 saturated carbocycles. The molecule has 3 nitrogen and oxygen atoms in total. The summed E-state index contributed by atoms with van der Waals surface area (Å²) in [4.78, 5) is 13.7. The van der Waals surface area contributed by atoms with Gasteiger partial charge in [0.1, 0.15) is 5.82 Å². The molecule has 0 atom stereocenters. The molecule has 0 radical (unpaired) electrons. The van der Waals surface area contributed by atoms with E-state index in [-0.39, 0.29) is 0 Å². The van der Waals surface area contributed by atoms with Gasteiger partial charge in [0.25, 0.3) is 0 Å². The van der Waals surface area contributed by atoms with Gasteiger partial charge >= 0.3 is 0 Å². The van der Waals surface area contributed by atoms with Crippen molar-refractivity contribution in [2.75, 3.05) is 0 Å². The van der Waals surface area contributed by atoms with Gasteiger partial charge in [0.15, 0.2) is 0 Å². The minimum absolute atomic E-state index is 0.747. The highest BCUT2D eigenvalue weighted by Gasteiger charge is 2.11. The first-order valence-corrected chi connectivity index (χ1v) is 12.4. The van der Waals surface area contributed by atoms with E-state index in [2.05, 4.69) is 102 Å². The van der Waals surface area contributed by atoms with Gasteiger partial charge in [-0.2, -0.15) is 0 Å². The summed E-state index contributed by atoms with van der Waals surface area (Å²) in [5.74, 6) is 0.747.